The molecule has 0 spiro atoms. The zero-order chi connectivity index (χ0) is 20.2. The first-order valence-corrected chi connectivity index (χ1v) is 10.1. The fourth-order valence-electron chi connectivity index (χ4n) is 3.57. The first kappa shape index (κ1) is 19.5. The zero-order valence-electron chi connectivity index (χ0n) is 16.0. The number of rotatable bonds is 5. The molecule has 3 aromatic rings. The van der Waals surface area contributed by atoms with Crippen LogP contribution in [-0.2, 0) is 4.79 Å². The summed E-state index contributed by atoms with van der Waals surface area (Å²) in [6, 6.07) is 17.0. The number of benzene rings is 2. The van der Waals surface area contributed by atoms with E-state index < -0.39 is 0 Å². The van der Waals surface area contributed by atoms with Crippen LogP contribution in [-0.4, -0.2) is 59.3 Å². The molecule has 1 aliphatic heterocycles. The number of hydrogen-bond acceptors (Lipinski definition) is 3. The molecule has 1 aromatic heterocycles. The summed E-state index contributed by atoms with van der Waals surface area (Å²) in [5, 5.41) is 4.42. The minimum atomic E-state index is -0.0605. The number of aromatic nitrogens is 1. The third kappa shape index (κ3) is 4.60. The van der Waals surface area contributed by atoms with Gasteiger partial charge in [-0.05, 0) is 24.3 Å². The molecule has 29 heavy (non-hydrogen) atoms. The number of carbonyl (C=O) groups is 2. The number of H-pyrrole nitrogens is 1. The monoisotopic (exact) mass is 410 g/mol. The fraction of sp³-hybridized carbons (Fsp3) is 0.273. The van der Waals surface area contributed by atoms with Gasteiger partial charge in [-0.25, -0.2) is 0 Å². The van der Waals surface area contributed by atoms with Crippen LogP contribution in [0.25, 0.3) is 10.9 Å². The quantitative estimate of drug-likeness (QED) is 0.675. The molecule has 2 amide bonds. The van der Waals surface area contributed by atoms with Crippen molar-refractivity contribution in [3.05, 3.63) is 65.3 Å². The Morgan fingerprint density at radius 2 is 1.72 bits per heavy atom. The Kier molecular flexibility index (Phi) is 5.83. The third-order valence-corrected chi connectivity index (χ3v) is 5.55. The highest BCUT2D eigenvalue weighted by molar-refractivity contribution is 6.33. The first-order valence-electron chi connectivity index (χ1n) is 9.74. The lowest BCUT2D eigenvalue weighted by atomic mass is 10.2. The van der Waals surface area contributed by atoms with E-state index in [1.807, 2.05) is 47.4 Å². The summed E-state index contributed by atoms with van der Waals surface area (Å²) in [4.78, 5) is 32.2. The van der Waals surface area contributed by atoms with Gasteiger partial charge in [-0.15, -0.1) is 0 Å². The van der Waals surface area contributed by atoms with Gasteiger partial charge < -0.3 is 15.2 Å². The van der Waals surface area contributed by atoms with Crippen molar-refractivity contribution in [2.75, 3.05) is 38.0 Å². The molecular weight excluding hydrogens is 388 g/mol. The Morgan fingerprint density at radius 3 is 2.48 bits per heavy atom. The smallest absolute Gasteiger partial charge is 0.270 e. The molecule has 7 heteroatoms. The summed E-state index contributed by atoms with van der Waals surface area (Å²) in [6.07, 6.45) is 0.390. The summed E-state index contributed by atoms with van der Waals surface area (Å²) >= 11 is 6.07. The van der Waals surface area contributed by atoms with Gasteiger partial charge in [0.1, 0.15) is 5.69 Å². The summed E-state index contributed by atoms with van der Waals surface area (Å²) in [5.41, 5.74) is 2.23. The zero-order valence-corrected chi connectivity index (χ0v) is 16.8. The Hall–Kier alpha value is -2.83. The average molecular weight is 411 g/mol. The highest BCUT2D eigenvalue weighted by Crippen LogP contribution is 2.20. The number of carbonyl (C=O) groups excluding carboxylic acids is 2. The van der Waals surface area contributed by atoms with E-state index in [1.165, 1.54) is 0 Å². The van der Waals surface area contributed by atoms with Crippen LogP contribution < -0.4 is 5.32 Å². The normalized spacial score (nSPS) is 14.9. The number of para-hydroxylation sites is 2. The number of anilines is 1. The molecule has 0 radical (unpaired) electrons. The predicted molar refractivity (Wildman–Crippen MR) is 115 cm³/mol. The highest BCUT2D eigenvalue weighted by Gasteiger charge is 2.23. The molecule has 0 unspecified atom stereocenters. The number of aromatic amines is 1. The molecule has 1 fully saturated rings. The minimum Gasteiger partial charge on any atom is -0.351 e. The molecular formula is C22H23ClN4O2. The van der Waals surface area contributed by atoms with Gasteiger partial charge in [0.15, 0.2) is 0 Å². The molecule has 6 nitrogen and oxygen atoms in total. The molecule has 0 aliphatic carbocycles. The number of fused-ring (bicyclic) bond motifs is 1. The molecule has 4 rings (SSSR count). The van der Waals surface area contributed by atoms with Gasteiger partial charge in [0.2, 0.25) is 5.91 Å². The summed E-state index contributed by atoms with van der Waals surface area (Å²) < 4.78 is 0. The molecule has 1 aliphatic rings. The molecule has 1 saturated heterocycles. The molecule has 2 heterocycles. The number of amides is 2. The van der Waals surface area contributed by atoms with Crippen molar-refractivity contribution in [3.8, 4) is 0 Å². The second-order valence-electron chi connectivity index (χ2n) is 7.18. The van der Waals surface area contributed by atoms with E-state index in [4.69, 9.17) is 11.6 Å². The van der Waals surface area contributed by atoms with E-state index in [-0.39, 0.29) is 11.8 Å². The Morgan fingerprint density at radius 1 is 1.00 bits per heavy atom. The van der Waals surface area contributed by atoms with Gasteiger partial charge in [0.25, 0.3) is 5.91 Å². The maximum absolute atomic E-state index is 12.8. The Bertz CT molecular complexity index is 991. The third-order valence-electron chi connectivity index (χ3n) is 5.22. The van der Waals surface area contributed by atoms with Gasteiger partial charge >= 0.3 is 0 Å². The Labute approximate surface area is 174 Å². The van der Waals surface area contributed by atoms with Gasteiger partial charge in [-0.3, -0.25) is 14.5 Å². The van der Waals surface area contributed by atoms with Crippen molar-refractivity contribution < 1.29 is 9.59 Å². The van der Waals surface area contributed by atoms with Crippen LogP contribution in [0.1, 0.15) is 16.9 Å². The number of nitrogens with one attached hydrogen (secondary N) is 2. The first-order chi connectivity index (χ1) is 14.1. The van der Waals surface area contributed by atoms with Crippen molar-refractivity contribution in [1.82, 2.24) is 14.8 Å². The van der Waals surface area contributed by atoms with Crippen LogP contribution in [0.2, 0.25) is 5.02 Å². The van der Waals surface area contributed by atoms with Gasteiger partial charge in [-0.1, -0.05) is 41.9 Å². The van der Waals surface area contributed by atoms with Crippen LogP contribution in [0, 0.1) is 0 Å². The second-order valence-corrected chi connectivity index (χ2v) is 7.59. The van der Waals surface area contributed by atoms with E-state index in [0.717, 1.165) is 24.0 Å². The highest BCUT2D eigenvalue weighted by atomic mass is 35.5. The van der Waals surface area contributed by atoms with Gasteiger partial charge in [-0.2, -0.15) is 0 Å². The molecule has 150 valence electrons. The van der Waals surface area contributed by atoms with E-state index in [9.17, 15) is 9.59 Å². The van der Waals surface area contributed by atoms with E-state index >= 15 is 0 Å². The van der Waals surface area contributed by atoms with Crippen molar-refractivity contribution >= 4 is 40.0 Å². The lowest BCUT2D eigenvalue weighted by molar-refractivity contribution is -0.116. The topological polar surface area (TPSA) is 68.4 Å². The van der Waals surface area contributed by atoms with Crippen LogP contribution >= 0.6 is 11.6 Å². The van der Waals surface area contributed by atoms with Gasteiger partial charge in [0, 0.05) is 50.0 Å². The van der Waals surface area contributed by atoms with Gasteiger partial charge in [0.05, 0.1) is 10.7 Å². The molecule has 2 aromatic carbocycles. The predicted octanol–water partition coefficient (Wildman–Crippen LogP) is 3.61. The van der Waals surface area contributed by atoms with Crippen molar-refractivity contribution in [2.24, 2.45) is 0 Å². The van der Waals surface area contributed by atoms with E-state index in [0.29, 0.717) is 42.5 Å². The molecule has 0 bridgehead atoms. The molecule has 0 atom stereocenters. The lowest BCUT2D eigenvalue weighted by Crippen LogP contribution is -2.49. The average Bonchev–Trinajstić information content (AvgIpc) is 3.18. The summed E-state index contributed by atoms with van der Waals surface area (Å²) in [6.45, 7) is 3.47. The van der Waals surface area contributed by atoms with Crippen LogP contribution in [0.4, 0.5) is 5.69 Å². The van der Waals surface area contributed by atoms with Crippen molar-refractivity contribution in [1.29, 1.82) is 0 Å². The second kappa shape index (κ2) is 8.68. The number of nitrogens with zero attached hydrogens (tertiary/aromatic N) is 2. The minimum absolute atomic E-state index is 0.0253. The number of hydrogen-bond donors (Lipinski definition) is 2. The number of halogens is 1. The maximum atomic E-state index is 12.8. The molecule has 2 N–H and O–H groups in total. The number of piperazine rings is 1. The van der Waals surface area contributed by atoms with E-state index in [1.54, 1.807) is 12.1 Å². The SMILES string of the molecule is O=C(CCN1CCN(C(=O)c2cc3ccccc3[nH]2)CC1)Nc1ccccc1Cl. The maximum Gasteiger partial charge on any atom is 0.270 e. The Balaban J connectivity index is 1.25. The fourth-order valence-corrected chi connectivity index (χ4v) is 3.75. The van der Waals surface area contributed by atoms with Crippen LogP contribution in [0.3, 0.4) is 0 Å². The van der Waals surface area contributed by atoms with Crippen molar-refractivity contribution in [3.63, 3.8) is 0 Å². The summed E-state index contributed by atoms with van der Waals surface area (Å²) in [7, 11) is 0. The summed E-state index contributed by atoms with van der Waals surface area (Å²) in [5.74, 6) is -0.0352. The van der Waals surface area contributed by atoms with Crippen molar-refractivity contribution in [2.45, 2.75) is 6.42 Å². The standard InChI is InChI=1S/C22H23ClN4O2/c23-17-6-2-4-8-19(17)25-21(28)9-10-26-11-13-27(14-12-26)22(29)20-15-16-5-1-3-7-18(16)24-20/h1-8,15,24H,9-14H2,(H,25,28). The lowest BCUT2D eigenvalue weighted by Gasteiger charge is -2.34. The van der Waals surface area contributed by atoms with Crippen LogP contribution in [0.5, 0.6) is 0 Å². The molecule has 0 saturated carbocycles. The van der Waals surface area contributed by atoms with E-state index in [2.05, 4.69) is 15.2 Å². The van der Waals surface area contributed by atoms with Crippen LogP contribution in [0.15, 0.2) is 54.6 Å². The largest absolute Gasteiger partial charge is 0.351 e.